The third-order valence-corrected chi connectivity index (χ3v) is 5.96. The maximum atomic E-state index is 13.3. The van der Waals surface area contributed by atoms with Crippen molar-refractivity contribution in [1.29, 1.82) is 0 Å². The molecule has 4 rings (SSSR count). The molecule has 2 atom stereocenters. The molecule has 0 aliphatic carbocycles. The van der Waals surface area contributed by atoms with E-state index in [9.17, 15) is 4.79 Å². The number of aromatic nitrogens is 3. The Labute approximate surface area is 195 Å². The minimum absolute atomic E-state index is 0.0291. The molecule has 1 amide bonds. The maximum absolute atomic E-state index is 13.3. The van der Waals surface area contributed by atoms with Gasteiger partial charge in [-0.25, -0.2) is 0 Å². The van der Waals surface area contributed by atoms with Gasteiger partial charge in [0.25, 0.3) is 0 Å². The summed E-state index contributed by atoms with van der Waals surface area (Å²) in [5.74, 6) is -0.405. The highest BCUT2D eigenvalue weighted by atomic mass is 16.2. The van der Waals surface area contributed by atoms with Crippen LogP contribution in [0, 0.1) is 0 Å². The Morgan fingerprint density at radius 1 is 0.909 bits per heavy atom. The van der Waals surface area contributed by atoms with Crippen LogP contribution in [-0.2, 0) is 17.8 Å². The van der Waals surface area contributed by atoms with Crippen LogP contribution in [0.3, 0.4) is 0 Å². The number of rotatable bonds is 9. The van der Waals surface area contributed by atoms with E-state index in [0.717, 1.165) is 29.5 Å². The van der Waals surface area contributed by atoms with Crippen LogP contribution >= 0.6 is 0 Å². The Bertz CT molecular complexity index is 1140. The van der Waals surface area contributed by atoms with Gasteiger partial charge in [-0.3, -0.25) is 9.48 Å². The van der Waals surface area contributed by atoms with E-state index in [1.54, 1.807) is 17.1 Å². The van der Waals surface area contributed by atoms with Gasteiger partial charge in [-0.05, 0) is 41.2 Å². The van der Waals surface area contributed by atoms with Gasteiger partial charge in [0, 0.05) is 6.20 Å². The zero-order chi connectivity index (χ0) is 23.0. The molecule has 0 fully saturated rings. The highest BCUT2D eigenvalue weighted by Gasteiger charge is 2.23. The molecule has 1 N–H and O–H groups in total. The standard InChI is InChI=1S/C28H30N4O/c1-3-7-22-10-12-24(13-11-22)25-14-16-26(17-15-25)27(20-32-19-18-29-31-32)28(33)30-21(2)23-8-5-4-6-9-23/h4-6,8-19,21,27H,3,7,20H2,1-2H3,(H,30,33)/t21-,27-/m1/s1. The van der Waals surface area contributed by atoms with E-state index in [1.807, 2.05) is 49.4 Å². The highest BCUT2D eigenvalue weighted by molar-refractivity contribution is 5.84. The van der Waals surface area contributed by atoms with Crippen molar-refractivity contribution in [2.75, 3.05) is 0 Å². The second kappa shape index (κ2) is 10.7. The summed E-state index contributed by atoms with van der Waals surface area (Å²) in [6.07, 6.45) is 5.66. The van der Waals surface area contributed by atoms with Crippen molar-refractivity contribution in [2.24, 2.45) is 0 Å². The van der Waals surface area contributed by atoms with Crippen LogP contribution in [0.2, 0.25) is 0 Å². The molecule has 1 heterocycles. The maximum Gasteiger partial charge on any atom is 0.229 e. The number of nitrogens with zero attached hydrogens (tertiary/aromatic N) is 3. The Morgan fingerprint density at radius 2 is 1.58 bits per heavy atom. The molecule has 0 unspecified atom stereocenters. The van der Waals surface area contributed by atoms with Crippen molar-refractivity contribution in [3.05, 3.63) is 108 Å². The monoisotopic (exact) mass is 438 g/mol. The molecule has 4 aromatic rings. The molecular formula is C28H30N4O. The fourth-order valence-corrected chi connectivity index (χ4v) is 4.06. The molecule has 0 spiro atoms. The summed E-state index contributed by atoms with van der Waals surface area (Å²) in [4.78, 5) is 13.3. The lowest BCUT2D eigenvalue weighted by molar-refractivity contribution is -0.123. The Hall–Kier alpha value is -3.73. The molecule has 0 radical (unpaired) electrons. The molecule has 5 nitrogen and oxygen atoms in total. The predicted octanol–water partition coefficient (Wildman–Crippen LogP) is 5.56. The Balaban J connectivity index is 1.54. The van der Waals surface area contributed by atoms with Crippen LogP contribution in [0.4, 0.5) is 0 Å². The lowest BCUT2D eigenvalue weighted by Crippen LogP contribution is -2.33. The number of hydrogen-bond donors (Lipinski definition) is 1. The molecule has 168 valence electrons. The topological polar surface area (TPSA) is 59.8 Å². The number of hydrogen-bond acceptors (Lipinski definition) is 3. The molecule has 3 aromatic carbocycles. The van der Waals surface area contributed by atoms with Crippen molar-refractivity contribution in [3.8, 4) is 11.1 Å². The van der Waals surface area contributed by atoms with Crippen LogP contribution in [-0.4, -0.2) is 20.9 Å². The van der Waals surface area contributed by atoms with Gasteiger partial charge in [-0.15, -0.1) is 5.10 Å². The van der Waals surface area contributed by atoms with Gasteiger partial charge in [-0.2, -0.15) is 0 Å². The number of amides is 1. The van der Waals surface area contributed by atoms with E-state index in [0.29, 0.717) is 6.54 Å². The fraction of sp³-hybridized carbons (Fsp3) is 0.250. The zero-order valence-corrected chi connectivity index (χ0v) is 19.2. The molecule has 1 aromatic heterocycles. The minimum Gasteiger partial charge on any atom is -0.349 e. The Kier molecular flexibility index (Phi) is 7.30. The first kappa shape index (κ1) is 22.5. The van der Waals surface area contributed by atoms with Crippen LogP contribution in [0.5, 0.6) is 0 Å². The molecular weight excluding hydrogens is 408 g/mol. The fourth-order valence-electron chi connectivity index (χ4n) is 4.06. The van der Waals surface area contributed by atoms with Gasteiger partial charge < -0.3 is 5.32 Å². The lowest BCUT2D eigenvalue weighted by Gasteiger charge is -2.21. The second-order valence-corrected chi connectivity index (χ2v) is 8.39. The van der Waals surface area contributed by atoms with Crippen molar-refractivity contribution >= 4 is 5.91 Å². The summed E-state index contributed by atoms with van der Waals surface area (Å²) in [6.45, 7) is 4.63. The largest absolute Gasteiger partial charge is 0.349 e. The van der Waals surface area contributed by atoms with E-state index in [4.69, 9.17) is 0 Å². The number of nitrogens with one attached hydrogen (secondary N) is 1. The molecule has 0 aliphatic rings. The van der Waals surface area contributed by atoms with Crippen molar-refractivity contribution in [3.63, 3.8) is 0 Å². The number of carbonyl (C=O) groups is 1. The van der Waals surface area contributed by atoms with Gasteiger partial charge in [0.1, 0.15) is 0 Å². The first-order valence-electron chi connectivity index (χ1n) is 11.5. The van der Waals surface area contributed by atoms with E-state index in [2.05, 4.69) is 59.0 Å². The second-order valence-electron chi connectivity index (χ2n) is 8.39. The van der Waals surface area contributed by atoms with Crippen LogP contribution < -0.4 is 5.32 Å². The van der Waals surface area contributed by atoms with Crippen LogP contribution in [0.25, 0.3) is 11.1 Å². The third-order valence-electron chi connectivity index (χ3n) is 5.96. The summed E-state index contributed by atoms with van der Waals surface area (Å²) in [6, 6.07) is 26.9. The number of benzene rings is 3. The normalized spacial score (nSPS) is 12.8. The smallest absolute Gasteiger partial charge is 0.229 e. The van der Waals surface area contributed by atoms with Gasteiger partial charge in [0.2, 0.25) is 5.91 Å². The molecule has 5 heteroatoms. The molecule has 0 aliphatic heterocycles. The first-order chi connectivity index (χ1) is 16.1. The van der Waals surface area contributed by atoms with E-state index >= 15 is 0 Å². The number of carbonyl (C=O) groups excluding carboxylic acids is 1. The Morgan fingerprint density at radius 3 is 2.18 bits per heavy atom. The minimum atomic E-state index is -0.376. The van der Waals surface area contributed by atoms with Crippen LogP contribution in [0.15, 0.2) is 91.3 Å². The van der Waals surface area contributed by atoms with Gasteiger partial charge in [-0.1, -0.05) is 97.4 Å². The van der Waals surface area contributed by atoms with E-state index in [-0.39, 0.29) is 17.9 Å². The van der Waals surface area contributed by atoms with E-state index in [1.165, 1.54) is 11.1 Å². The van der Waals surface area contributed by atoms with Gasteiger partial charge in [0.15, 0.2) is 0 Å². The summed E-state index contributed by atoms with van der Waals surface area (Å²) < 4.78 is 1.71. The van der Waals surface area contributed by atoms with E-state index < -0.39 is 0 Å². The number of aryl methyl sites for hydroxylation is 1. The van der Waals surface area contributed by atoms with Crippen molar-refractivity contribution in [2.45, 2.75) is 45.2 Å². The van der Waals surface area contributed by atoms with Gasteiger partial charge in [0.05, 0.1) is 24.7 Å². The zero-order valence-electron chi connectivity index (χ0n) is 19.2. The summed E-state index contributed by atoms with van der Waals surface area (Å²) in [5.41, 5.74) is 5.70. The summed E-state index contributed by atoms with van der Waals surface area (Å²) in [7, 11) is 0. The van der Waals surface area contributed by atoms with Crippen LogP contribution in [0.1, 0.15) is 48.9 Å². The molecule has 0 saturated heterocycles. The summed E-state index contributed by atoms with van der Waals surface area (Å²) >= 11 is 0. The lowest BCUT2D eigenvalue weighted by atomic mass is 9.94. The molecule has 0 bridgehead atoms. The van der Waals surface area contributed by atoms with Crippen molar-refractivity contribution < 1.29 is 4.79 Å². The SMILES string of the molecule is CCCc1ccc(-c2ccc([C@@H](Cn3ccnn3)C(=O)N[C@H](C)c3ccccc3)cc2)cc1. The molecule has 0 saturated carbocycles. The summed E-state index contributed by atoms with van der Waals surface area (Å²) in [5, 5.41) is 11.1. The third kappa shape index (κ3) is 5.75. The molecule has 33 heavy (non-hydrogen) atoms. The van der Waals surface area contributed by atoms with Gasteiger partial charge >= 0.3 is 0 Å². The average Bonchev–Trinajstić information content (AvgIpc) is 3.37. The predicted molar refractivity (Wildman–Crippen MR) is 132 cm³/mol. The van der Waals surface area contributed by atoms with Crippen molar-refractivity contribution in [1.82, 2.24) is 20.3 Å². The highest BCUT2D eigenvalue weighted by Crippen LogP contribution is 2.25. The first-order valence-corrected chi connectivity index (χ1v) is 11.5. The quantitative estimate of drug-likeness (QED) is 0.372. The average molecular weight is 439 g/mol.